The third kappa shape index (κ3) is 7.45. The van der Waals surface area contributed by atoms with E-state index < -0.39 is 0 Å². The zero-order valence-corrected chi connectivity index (χ0v) is 25.8. The Balaban J connectivity index is 1.15. The molecule has 2 aliphatic carbocycles. The highest BCUT2D eigenvalue weighted by molar-refractivity contribution is 8.00. The predicted octanol–water partition coefficient (Wildman–Crippen LogP) is 7.13. The number of thioether (sulfide) groups is 1. The second-order valence-corrected chi connectivity index (χ2v) is 13.8. The van der Waals surface area contributed by atoms with Gasteiger partial charge in [-0.1, -0.05) is 43.5 Å². The number of anilines is 2. The van der Waals surface area contributed by atoms with E-state index in [4.69, 9.17) is 14.7 Å². The minimum atomic E-state index is 0.0119. The molecule has 3 aromatic rings. The lowest BCUT2D eigenvalue weighted by Crippen LogP contribution is -2.43. The van der Waals surface area contributed by atoms with Gasteiger partial charge < -0.3 is 20.3 Å². The molecule has 2 N–H and O–H groups in total. The van der Waals surface area contributed by atoms with Crippen molar-refractivity contribution in [3.63, 3.8) is 0 Å². The second kappa shape index (κ2) is 13.3. The minimum Gasteiger partial charge on any atom is -0.497 e. The van der Waals surface area contributed by atoms with Crippen molar-refractivity contribution in [2.45, 2.75) is 93.2 Å². The van der Waals surface area contributed by atoms with E-state index in [1.165, 1.54) is 24.8 Å². The summed E-state index contributed by atoms with van der Waals surface area (Å²) in [6.07, 6.45) is 10.5. The Kier molecular flexibility index (Phi) is 9.58. The molecule has 2 aromatic carbocycles. The fourth-order valence-corrected chi connectivity index (χ4v) is 8.23. The predicted molar refractivity (Wildman–Crippen MR) is 171 cm³/mol. The quantitative estimate of drug-likeness (QED) is 0.266. The van der Waals surface area contributed by atoms with Crippen LogP contribution < -0.4 is 20.3 Å². The van der Waals surface area contributed by atoms with Gasteiger partial charge in [0, 0.05) is 48.0 Å². The highest BCUT2D eigenvalue weighted by atomic mass is 32.2. The number of carbonyl (C=O) groups excluding carboxylic acids is 1. The van der Waals surface area contributed by atoms with Gasteiger partial charge in [-0.25, -0.2) is 4.98 Å². The van der Waals surface area contributed by atoms with E-state index in [9.17, 15) is 4.79 Å². The van der Waals surface area contributed by atoms with Crippen molar-refractivity contribution < 1.29 is 9.53 Å². The van der Waals surface area contributed by atoms with E-state index in [1.807, 2.05) is 61.1 Å². The van der Waals surface area contributed by atoms with Crippen molar-refractivity contribution in [1.29, 1.82) is 0 Å². The molecule has 1 unspecified atom stereocenters. The molecule has 0 saturated heterocycles. The van der Waals surface area contributed by atoms with E-state index >= 15 is 0 Å². The molecule has 0 radical (unpaired) electrons. The molecule has 0 aliphatic heterocycles. The van der Waals surface area contributed by atoms with Crippen LogP contribution in [0, 0.1) is 0 Å². The van der Waals surface area contributed by atoms with Crippen LogP contribution in [0.3, 0.4) is 0 Å². The van der Waals surface area contributed by atoms with Crippen LogP contribution in [-0.2, 0) is 4.79 Å². The Morgan fingerprint density at radius 1 is 1.00 bits per heavy atom. The summed E-state index contributed by atoms with van der Waals surface area (Å²) >= 11 is 2.00. The molecule has 1 amide bonds. The maximum atomic E-state index is 13.4. The van der Waals surface area contributed by atoms with Crippen LogP contribution in [0.25, 0.3) is 10.9 Å². The van der Waals surface area contributed by atoms with Gasteiger partial charge in [0.05, 0.1) is 12.6 Å². The molecule has 0 spiro atoms. The molecule has 0 bridgehead atoms. The third-order valence-corrected chi connectivity index (χ3v) is 10.4. The first-order chi connectivity index (χ1) is 19.8. The molecular formula is C33H45N5O2S. The van der Waals surface area contributed by atoms with Crippen LogP contribution in [0.15, 0.2) is 48.5 Å². The Hall–Kier alpha value is -3.00. The number of para-hydroxylation sites is 1. The van der Waals surface area contributed by atoms with Gasteiger partial charge in [0.2, 0.25) is 11.9 Å². The van der Waals surface area contributed by atoms with Gasteiger partial charge in [0.25, 0.3) is 0 Å². The highest BCUT2D eigenvalue weighted by Crippen LogP contribution is 2.49. The molecule has 1 atom stereocenters. The number of ether oxygens (including phenoxy) is 1. The summed E-state index contributed by atoms with van der Waals surface area (Å²) in [5, 5.41) is 8.39. The number of amides is 1. The lowest BCUT2D eigenvalue weighted by molar-refractivity contribution is -0.122. The lowest BCUT2D eigenvalue weighted by Gasteiger charge is -2.39. The minimum absolute atomic E-state index is 0.0119. The number of fused-ring (bicyclic) bond motifs is 1. The first-order valence-electron chi connectivity index (χ1n) is 15.2. The lowest BCUT2D eigenvalue weighted by atomic mass is 9.85. The third-order valence-electron chi connectivity index (χ3n) is 8.69. The molecule has 220 valence electrons. The van der Waals surface area contributed by atoms with Gasteiger partial charge in [-0.15, -0.1) is 11.8 Å². The van der Waals surface area contributed by atoms with Crippen molar-refractivity contribution in [2.75, 3.05) is 31.4 Å². The van der Waals surface area contributed by atoms with E-state index in [-0.39, 0.29) is 16.7 Å². The van der Waals surface area contributed by atoms with Gasteiger partial charge in [-0.2, -0.15) is 4.98 Å². The van der Waals surface area contributed by atoms with Gasteiger partial charge in [-0.3, -0.25) is 4.79 Å². The van der Waals surface area contributed by atoms with Crippen molar-refractivity contribution in [2.24, 2.45) is 0 Å². The smallest absolute Gasteiger partial charge is 0.225 e. The normalized spacial score (nSPS) is 21.2. The number of carbonyl (C=O) groups is 1. The fraction of sp³-hybridized carbons (Fsp3) is 0.545. The van der Waals surface area contributed by atoms with Crippen LogP contribution in [0.2, 0.25) is 0 Å². The summed E-state index contributed by atoms with van der Waals surface area (Å²) in [4.78, 5) is 25.0. The van der Waals surface area contributed by atoms with Crippen LogP contribution in [-0.4, -0.2) is 53.9 Å². The summed E-state index contributed by atoms with van der Waals surface area (Å²) in [7, 11) is 5.73. The number of methoxy groups -OCH3 is 1. The van der Waals surface area contributed by atoms with Crippen molar-refractivity contribution in [3.8, 4) is 5.75 Å². The largest absolute Gasteiger partial charge is 0.497 e. The molecule has 41 heavy (non-hydrogen) atoms. The molecular weight excluding hydrogens is 530 g/mol. The van der Waals surface area contributed by atoms with E-state index in [1.54, 1.807) is 7.11 Å². The van der Waals surface area contributed by atoms with Crippen LogP contribution >= 0.6 is 11.8 Å². The van der Waals surface area contributed by atoms with Gasteiger partial charge >= 0.3 is 0 Å². The maximum absolute atomic E-state index is 13.4. The second-order valence-electron chi connectivity index (χ2n) is 12.0. The average molecular weight is 576 g/mol. The summed E-state index contributed by atoms with van der Waals surface area (Å²) in [6, 6.07) is 17.1. The summed E-state index contributed by atoms with van der Waals surface area (Å²) < 4.78 is 5.35. The fourth-order valence-electron chi connectivity index (χ4n) is 6.45. The SMILES string of the molecule is COc1ccc(C(C)SC2(CC(=O)N[C@H]3CC[C@@H](Nc4nc(N(C)C)c5ccccc5n4)CC3)CCCCC2)cc1. The Bertz CT molecular complexity index is 1300. The summed E-state index contributed by atoms with van der Waals surface area (Å²) in [6.45, 7) is 2.27. The number of hydrogen-bond donors (Lipinski definition) is 2. The monoisotopic (exact) mass is 575 g/mol. The molecule has 7 nitrogen and oxygen atoms in total. The molecule has 2 fully saturated rings. The number of nitrogens with zero attached hydrogens (tertiary/aromatic N) is 3. The van der Waals surface area contributed by atoms with Gasteiger partial charge in [0.1, 0.15) is 11.6 Å². The maximum Gasteiger partial charge on any atom is 0.225 e. The number of nitrogens with one attached hydrogen (secondary N) is 2. The molecule has 1 heterocycles. The number of benzene rings is 2. The van der Waals surface area contributed by atoms with Crippen LogP contribution in [0.1, 0.15) is 81.9 Å². The standard InChI is InChI=1S/C33H45N5O2S/c1-23(24-12-18-27(40-4)19-13-24)41-33(20-8-5-9-21-33)22-30(39)34-25-14-16-26(17-15-25)35-32-36-29-11-7-6-10-28(29)31(37-32)38(2)3/h6-7,10-13,18-19,23,25-26H,5,8-9,14-17,20-22H2,1-4H3,(H,34,39)(H,35,36,37)/t23?,25-,26+. The Morgan fingerprint density at radius 2 is 1.68 bits per heavy atom. The zero-order chi connectivity index (χ0) is 28.8. The first-order valence-corrected chi connectivity index (χ1v) is 16.0. The van der Waals surface area contributed by atoms with Gasteiger partial charge in [-0.05, 0) is 75.3 Å². The molecule has 5 rings (SSSR count). The number of hydrogen-bond acceptors (Lipinski definition) is 7. The van der Waals surface area contributed by atoms with Gasteiger partial charge in [0.15, 0.2) is 0 Å². The van der Waals surface area contributed by atoms with Crippen molar-refractivity contribution in [1.82, 2.24) is 15.3 Å². The molecule has 8 heteroatoms. The Morgan fingerprint density at radius 3 is 2.37 bits per heavy atom. The number of rotatable bonds is 10. The topological polar surface area (TPSA) is 79.4 Å². The molecule has 1 aromatic heterocycles. The number of aromatic nitrogens is 2. The first kappa shape index (κ1) is 29.5. The average Bonchev–Trinajstić information content (AvgIpc) is 2.98. The zero-order valence-electron chi connectivity index (χ0n) is 25.0. The molecule has 2 aliphatic rings. The van der Waals surface area contributed by atoms with Crippen molar-refractivity contribution in [3.05, 3.63) is 54.1 Å². The van der Waals surface area contributed by atoms with Crippen LogP contribution in [0.4, 0.5) is 11.8 Å². The van der Waals surface area contributed by atoms with E-state index in [0.717, 1.165) is 61.0 Å². The van der Waals surface area contributed by atoms with Crippen LogP contribution in [0.5, 0.6) is 5.75 Å². The van der Waals surface area contributed by atoms with E-state index in [2.05, 4.69) is 35.8 Å². The summed E-state index contributed by atoms with van der Waals surface area (Å²) in [5.41, 5.74) is 2.24. The summed E-state index contributed by atoms with van der Waals surface area (Å²) in [5.74, 6) is 2.70. The van der Waals surface area contributed by atoms with E-state index in [0.29, 0.717) is 23.7 Å². The Labute approximate surface area is 249 Å². The van der Waals surface area contributed by atoms with Crippen molar-refractivity contribution >= 4 is 40.3 Å². The highest BCUT2D eigenvalue weighted by Gasteiger charge is 2.37. The molecule has 2 saturated carbocycles.